The number of benzene rings is 1. The van der Waals surface area contributed by atoms with Crippen molar-refractivity contribution in [1.82, 2.24) is 5.32 Å². The molecule has 3 heteroatoms. The molecule has 1 aromatic rings. The van der Waals surface area contributed by atoms with E-state index in [1.54, 1.807) is 6.07 Å². The Hall–Kier alpha value is -1.06. The molecule has 3 nitrogen and oxygen atoms in total. The van der Waals surface area contributed by atoms with Crippen LogP contribution in [0.15, 0.2) is 18.2 Å². The lowest BCUT2D eigenvalue weighted by atomic mass is 9.53. The van der Waals surface area contributed by atoms with Crippen molar-refractivity contribution in [2.75, 3.05) is 13.1 Å². The van der Waals surface area contributed by atoms with Gasteiger partial charge in [-0.05, 0) is 68.5 Å². The summed E-state index contributed by atoms with van der Waals surface area (Å²) in [4.78, 5) is 0. The Morgan fingerprint density at radius 1 is 1.19 bits per heavy atom. The highest BCUT2D eigenvalue weighted by Gasteiger charge is 2.54. The second-order valence-corrected chi connectivity index (χ2v) is 6.77. The van der Waals surface area contributed by atoms with Crippen molar-refractivity contribution < 1.29 is 10.2 Å². The van der Waals surface area contributed by atoms with Crippen LogP contribution in [-0.4, -0.2) is 28.9 Å². The number of fused-ring (bicyclic) bond motifs is 3. The van der Waals surface area contributed by atoms with Crippen molar-refractivity contribution in [1.29, 1.82) is 0 Å². The van der Waals surface area contributed by atoms with Crippen LogP contribution < -0.4 is 5.32 Å². The minimum atomic E-state index is -0.596. The van der Waals surface area contributed by atoms with Gasteiger partial charge in [-0.3, -0.25) is 0 Å². The largest absolute Gasteiger partial charge is 0.508 e. The molecule has 0 aromatic heterocycles. The van der Waals surface area contributed by atoms with Gasteiger partial charge in [-0.25, -0.2) is 0 Å². The molecule has 1 saturated carbocycles. The lowest BCUT2D eigenvalue weighted by Gasteiger charge is -2.55. The zero-order valence-corrected chi connectivity index (χ0v) is 13.0. The van der Waals surface area contributed by atoms with Crippen molar-refractivity contribution in [2.24, 2.45) is 0 Å². The molecule has 0 aliphatic heterocycles. The van der Waals surface area contributed by atoms with Crippen LogP contribution in [0, 0.1) is 0 Å². The molecule has 0 saturated heterocycles. The molecule has 21 heavy (non-hydrogen) atoms. The number of aromatic hydroxyl groups is 1. The average molecular weight is 289 g/mol. The molecule has 0 amide bonds. The van der Waals surface area contributed by atoms with Gasteiger partial charge < -0.3 is 15.5 Å². The molecule has 3 N–H and O–H groups in total. The summed E-state index contributed by atoms with van der Waals surface area (Å²) in [6, 6.07) is 5.74. The summed E-state index contributed by atoms with van der Waals surface area (Å²) in [6.07, 6.45) is 6.95. The second kappa shape index (κ2) is 5.62. The molecular formula is C18H27NO2. The van der Waals surface area contributed by atoms with Crippen molar-refractivity contribution in [3.05, 3.63) is 29.3 Å². The Bertz CT molecular complexity index is 516. The summed E-state index contributed by atoms with van der Waals surface area (Å²) < 4.78 is 0. The molecule has 0 heterocycles. The van der Waals surface area contributed by atoms with Gasteiger partial charge in [0.05, 0.1) is 5.60 Å². The van der Waals surface area contributed by atoms with Crippen molar-refractivity contribution in [3.63, 3.8) is 0 Å². The maximum absolute atomic E-state index is 11.4. The molecule has 0 spiro atoms. The predicted molar refractivity (Wildman–Crippen MR) is 84.7 cm³/mol. The molecule has 2 aliphatic carbocycles. The number of phenols is 1. The van der Waals surface area contributed by atoms with Gasteiger partial charge >= 0.3 is 0 Å². The summed E-state index contributed by atoms with van der Waals surface area (Å²) in [5.41, 5.74) is 1.74. The maximum atomic E-state index is 11.4. The molecule has 1 fully saturated rings. The van der Waals surface area contributed by atoms with Gasteiger partial charge in [-0.15, -0.1) is 0 Å². The smallest absolute Gasteiger partial charge is 0.115 e. The SMILES string of the molecule is CCNCC[C@@]12CCCC[C@]1(O)CCc1ccc(O)cc12. The first-order chi connectivity index (χ1) is 10.1. The van der Waals surface area contributed by atoms with Gasteiger partial charge in [0, 0.05) is 5.41 Å². The van der Waals surface area contributed by atoms with Gasteiger partial charge in [-0.1, -0.05) is 25.8 Å². The van der Waals surface area contributed by atoms with E-state index in [2.05, 4.69) is 12.2 Å². The Morgan fingerprint density at radius 3 is 2.81 bits per heavy atom. The number of aliphatic hydroxyl groups is 1. The Morgan fingerprint density at radius 2 is 2.00 bits per heavy atom. The van der Waals surface area contributed by atoms with Crippen LogP contribution >= 0.6 is 0 Å². The van der Waals surface area contributed by atoms with E-state index in [-0.39, 0.29) is 5.41 Å². The van der Waals surface area contributed by atoms with Crippen LogP contribution in [0.3, 0.4) is 0 Å². The fourth-order valence-corrected chi connectivity index (χ4v) is 4.61. The maximum Gasteiger partial charge on any atom is 0.115 e. The monoisotopic (exact) mass is 289 g/mol. The van der Waals surface area contributed by atoms with Crippen LogP contribution in [-0.2, 0) is 11.8 Å². The lowest BCUT2D eigenvalue weighted by Crippen LogP contribution is -2.57. The summed E-state index contributed by atoms with van der Waals surface area (Å²) in [7, 11) is 0. The third-order valence-corrected chi connectivity index (χ3v) is 5.73. The zero-order chi connectivity index (χ0) is 14.9. The second-order valence-electron chi connectivity index (χ2n) is 6.77. The third kappa shape index (κ3) is 2.36. The van der Waals surface area contributed by atoms with Crippen LogP contribution in [0.1, 0.15) is 56.6 Å². The van der Waals surface area contributed by atoms with Gasteiger partial charge in [0.1, 0.15) is 5.75 Å². The number of rotatable bonds is 4. The topological polar surface area (TPSA) is 52.5 Å². The van der Waals surface area contributed by atoms with Gasteiger partial charge in [0.2, 0.25) is 0 Å². The van der Waals surface area contributed by atoms with Crippen LogP contribution in [0.2, 0.25) is 0 Å². The highest BCUT2D eigenvalue weighted by Crippen LogP contribution is 2.55. The molecular weight excluding hydrogens is 262 g/mol. The lowest BCUT2D eigenvalue weighted by molar-refractivity contribution is -0.0868. The van der Waals surface area contributed by atoms with E-state index < -0.39 is 5.60 Å². The molecule has 3 rings (SSSR count). The van der Waals surface area contributed by atoms with Gasteiger partial charge in [-0.2, -0.15) is 0 Å². The van der Waals surface area contributed by atoms with E-state index in [1.807, 2.05) is 12.1 Å². The van der Waals surface area contributed by atoms with Gasteiger partial charge in [0.25, 0.3) is 0 Å². The average Bonchev–Trinajstić information content (AvgIpc) is 2.48. The summed E-state index contributed by atoms with van der Waals surface area (Å²) >= 11 is 0. The van der Waals surface area contributed by atoms with E-state index in [0.717, 1.165) is 51.6 Å². The minimum absolute atomic E-state index is 0.181. The first-order valence-corrected chi connectivity index (χ1v) is 8.37. The fraction of sp³-hybridized carbons (Fsp3) is 0.667. The minimum Gasteiger partial charge on any atom is -0.508 e. The van der Waals surface area contributed by atoms with E-state index in [1.165, 1.54) is 17.5 Å². The van der Waals surface area contributed by atoms with Crippen LogP contribution in [0.25, 0.3) is 0 Å². The fourth-order valence-electron chi connectivity index (χ4n) is 4.61. The molecule has 1 aromatic carbocycles. The first-order valence-electron chi connectivity index (χ1n) is 8.37. The Kier molecular flexibility index (Phi) is 3.98. The van der Waals surface area contributed by atoms with Gasteiger partial charge in [0.15, 0.2) is 0 Å². The third-order valence-electron chi connectivity index (χ3n) is 5.73. The molecule has 0 unspecified atom stereocenters. The molecule has 0 bridgehead atoms. The van der Waals surface area contributed by atoms with E-state index in [4.69, 9.17) is 0 Å². The number of aryl methyl sites for hydroxylation is 1. The molecule has 116 valence electrons. The number of nitrogens with one attached hydrogen (secondary N) is 1. The first kappa shape index (κ1) is 14.9. The molecule has 2 aliphatic rings. The Balaban J connectivity index is 2.05. The summed E-state index contributed by atoms with van der Waals surface area (Å²) in [5.74, 6) is 0.325. The number of hydrogen-bond donors (Lipinski definition) is 3. The van der Waals surface area contributed by atoms with E-state index in [9.17, 15) is 10.2 Å². The summed E-state index contributed by atoms with van der Waals surface area (Å²) in [6.45, 7) is 4.00. The summed E-state index contributed by atoms with van der Waals surface area (Å²) in [5, 5.41) is 24.7. The van der Waals surface area contributed by atoms with Crippen molar-refractivity contribution in [2.45, 2.75) is 62.9 Å². The normalized spacial score (nSPS) is 31.5. The van der Waals surface area contributed by atoms with Crippen LogP contribution in [0.4, 0.5) is 0 Å². The molecule has 0 radical (unpaired) electrons. The number of hydrogen-bond acceptors (Lipinski definition) is 3. The van der Waals surface area contributed by atoms with E-state index in [0.29, 0.717) is 5.75 Å². The quantitative estimate of drug-likeness (QED) is 0.747. The van der Waals surface area contributed by atoms with Crippen LogP contribution in [0.5, 0.6) is 5.75 Å². The number of phenolic OH excluding ortho intramolecular Hbond substituents is 1. The standard InChI is InChI=1S/C18H27NO2/c1-2-19-12-11-17-8-3-4-9-18(17,21)10-7-14-5-6-15(20)13-16(14)17/h5-6,13,19-21H,2-4,7-12H2,1H3/t17-,18+/m1/s1. The molecule has 2 atom stereocenters. The highest BCUT2D eigenvalue weighted by molar-refractivity contribution is 5.45. The predicted octanol–water partition coefficient (Wildman–Crippen LogP) is 2.88. The van der Waals surface area contributed by atoms with Crippen molar-refractivity contribution >= 4 is 0 Å². The zero-order valence-electron chi connectivity index (χ0n) is 13.0. The van der Waals surface area contributed by atoms with E-state index >= 15 is 0 Å². The Labute approximate surface area is 127 Å². The highest BCUT2D eigenvalue weighted by atomic mass is 16.3. The van der Waals surface area contributed by atoms with Crippen molar-refractivity contribution in [3.8, 4) is 5.75 Å².